The van der Waals surface area contributed by atoms with E-state index in [9.17, 15) is 9.59 Å². The summed E-state index contributed by atoms with van der Waals surface area (Å²) in [5.41, 5.74) is 0.924. The normalized spacial score (nSPS) is 19.8. The molecule has 1 heterocycles. The SMILES string of the molecule is CC1(c2ccccc2)CN(C(=O)c2cccc(OCC(=O)O)c2)CCO1. The maximum Gasteiger partial charge on any atom is 0.341 e. The van der Waals surface area contributed by atoms with Crippen molar-refractivity contribution >= 4 is 11.9 Å². The van der Waals surface area contributed by atoms with E-state index in [0.717, 1.165) is 5.56 Å². The van der Waals surface area contributed by atoms with E-state index < -0.39 is 18.2 Å². The van der Waals surface area contributed by atoms with Crippen molar-refractivity contribution in [1.29, 1.82) is 0 Å². The molecule has 0 radical (unpaired) electrons. The van der Waals surface area contributed by atoms with E-state index in [1.54, 1.807) is 29.2 Å². The van der Waals surface area contributed by atoms with E-state index >= 15 is 0 Å². The van der Waals surface area contributed by atoms with E-state index in [4.69, 9.17) is 14.6 Å². The fourth-order valence-electron chi connectivity index (χ4n) is 3.06. The lowest BCUT2D eigenvalue weighted by molar-refractivity contribution is -0.139. The van der Waals surface area contributed by atoms with E-state index in [-0.39, 0.29) is 5.91 Å². The highest BCUT2D eigenvalue weighted by molar-refractivity contribution is 5.94. The van der Waals surface area contributed by atoms with Gasteiger partial charge in [-0.15, -0.1) is 0 Å². The van der Waals surface area contributed by atoms with Crippen LogP contribution in [0.1, 0.15) is 22.8 Å². The van der Waals surface area contributed by atoms with E-state index in [0.29, 0.717) is 31.0 Å². The number of carbonyl (C=O) groups is 2. The fourth-order valence-corrected chi connectivity index (χ4v) is 3.06. The molecule has 1 fully saturated rings. The second-order valence-corrected chi connectivity index (χ2v) is 6.38. The predicted octanol–water partition coefficient (Wildman–Crippen LogP) is 2.54. The Morgan fingerprint density at radius 1 is 1.19 bits per heavy atom. The van der Waals surface area contributed by atoms with Gasteiger partial charge in [-0.05, 0) is 30.7 Å². The minimum Gasteiger partial charge on any atom is -0.482 e. The van der Waals surface area contributed by atoms with Crippen LogP contribution in [0.3, 0.4) is 0 Å². The molecule has 1 unspecified atom stereocenters. The number of carboxylic acids is 1. The number of carboxylic acid groups (broad SMARTS) is 1. The first-order valence-electron chi connectivity index (χ1n) is 8.41. The summed E-state index contributed by atoms with van der Waals surface area (Å²) in [5, 5.41) is 8.71. The van der Waals surface area contributed by atoms with Crippen molar-refractivity contribution in [2.75, 3.05) is 26.3 Å². The van der Waals surface area contributed by atoms with Gasteiger partial charge in [-0.25, -0.2) is 4.79 Å². The Hall–Kier alpha value is -2.86. The molecule has 6 nitrogen and oxygen atoms in total. The summed E-state index contributed by atoms with van der Waals surface area (Å²) in [6, 6.07) is 16.4. The quantitative estimate of drug-likeness (QED) is 0.892. The van der Waals surface area contributed by atoms with Gasteiger partial charge in [0, 0.05) is 12.1 Å². The third-order valence-electron chi connectivity index (χ3n) is 4.39. The van der Waals surface area contributed by atoms with Gasteiger partial charge in [0.15, 0.2) is 6.61 Å². The highest BCUT2D eigenvalue weighted by Gasteiger charge is 2.36. The molecule has 3 rings (SSSR count). The van der Waals surface area contributed by atoms with Crippen molar-refractivity contribution in [2.45, 2.75) is 12.5 Å². The van der Waals surface area contributed by atoms with Crippen LogP contribution < -0.4 is 4.74 Å². The maximum absolute atomic E-state index is 12.9. The molecule has 26 heavy (non-hydrogen) atoms. The maximum atomic E-state index is 12.9. The van der Waals surface area contributed by atoms with Crippen molar-refractivity contribution in [2.24, 2.45) is 0 Å². The molecule has 0 saturated carbocycles. The molecule has 2 aromatic rings. The molecule has 0 bridgehead atoms. The summed E-state index contributed by atoms with van der Waals surface area (Å²) in [5.74, 6) is -0.831. The molecule has 1 atom stereocenters. The van der Waals surface area contributed by atoms with Gasteiger partial charge in [-0.2, -0.15) is 0 Å². The number of carbonyl (C=O) groups excluding carboxylic acids is 1. The average molecular weight is 355 g/mol. The highest BCUT2D eigenvalue weighted by atomic mass is 16.5. The summed E-state index contributed by atoms with van der Waals surface area (Å²) < 4.78 is 11.1. The van der Waals surface area contributed by atoms with Crippen molar-refractivity contribution in [3.05, 3.63) is 65.7 Å². The Labute approximate surface area is 152 Å². The zero-order valence-electron chi connectivity index (χ0n) is 14.6. The number of benzene rings is 2. The third-order valence-corrected chi connectivity index (χ3v) is 4.39. The largest absolute Gasteiger partial charge is 0.482 e. The van der Waals surface area contributed by atoms with Crippen LogP contribution in [0.15, 0.2) is 54.6 Å². The van der Waals surface area contributed by atoms with Crippen LogP contribution in [-0.2, 0) is 15.1 Å². The van der Waals surface area contributed by atoms with Gasteiger partial charge in [0.2, 0.25) is 0 Å². The Morgan fingerprint density at radius 3 is 2.69 bits per heavy atom. The molecular formula is C20H21NO5. The first-order valence-corrected chi connectivity index (χ1v) is 8.41. The number of hydrogen-bond acceptors (Lipinski definition) is 4. The first kappa shape index (κ1) is 17.9. The lowest BCUT2D eigenvalue weighted by Gasteiger charge is -2.41. The Balaban J connectivity index is 1.75. The first-order chi connectivity index (χ1) is 12.5. The zero-order chi connectivity index (χ0) is 18.6. The Morgan fingerprint density at radius 2 is 1.96 bits per heavy atom. The molecule has 6 heteroatoms. The van der Waals surface area contributed by atoms with Crippen molar-refractivity contribution in [3.63, 3.8) is 0 Å². The van der Waals surface area contributed by atoms with Crippen LogP contribution in [0.4, 0.5) is 0 Å². The summed E-state index contributed by atoms with van der Waals surface area (Å²) in [7, 11) is 0. The standard InChI is InChI=1S/C20H21NO5/c1-20(16-7-3-2-4-8-16)14-21(10-11-26-20)19(24)15-6-5-9-17(12-15)25-13-18(22)23/h2-9,12H,10-11,13-14H2,1H3,(H,22,23). The molecule has 0 aromatic heterocycles. The third kappa shape index (κ3) is 4.03. The molecule has 1 amide bonds. The number of nitrogens with zero attached hydrogens (tertiary/aromatic N) is 1. The van der Waals surface area contributed by atoms with E-state index in [1.165, 1.54) is 0 Å². The number of hydrogen-bond donors (Lipinski definition) is 1. The molecule has 1 aliphatic rings. The van der Waals surface area contributed by atoms with Crippen LogP contribution in [0.25, 0.3) is 0 Å². The minimum atomic E-state index is -1.06. The zero-order valence-corrected chi connectivity index (χ0v) is 14.6. The van der Waals surface area contributed by atoms with Gasteiger partial charge in [0.25, 0.3) is 5.91 Å². The molecule has 1 aliphatic heterocycles. The van der Waals surface area contributed by atoms with Crippen LogP contribution >= 0.6 is 0 Å². The second kappa shape index (κ2) is 7.58. The number of aliphatic carboxylic acids is 1. The van der Waals surface area contributed by atoms with Crippen LogP contribution in [0.2, 0.25) is 0 Å². The molecule has 0 aliphatic carbocycles. The summed E-state index contributed by atoms with van der Waals surface area (Å²) in [6.07, 6.45) is 0. The lowest BCUT2D eigenvalue weighted by atomic mass is 9.93. The van der Waals surface area contributed by atoms with Crippen molar-refractivity contribution in [3.8, 4) is 5.75 Å². The smallest absolute Gasteiger partial charge is 0.341 e. The lowest BCUT2D eigenvalue weighted by Crippen LogP contribution is -2.50. The van der Waals surface area contributed by atoms with Crippen LogP contribution in [-0.4, -0.2) is 48.2 Å². The summed E-state index contributed by atoms with van der Waals surface area (Å²) in [4.78, 5) is 25.3. The van der Waals surface area contributed by atoms with Gasteiger partial charge in [-0.3, -0.25) is 4.79 Å². The monoisotopic (exact) mass is 355 g/mol. The van der Waals surface area contributed by atoms with Crippen LogP contribution in [0.5, 0.6) is 5.75 Å². The van der Waals surface area contributed by atoms with Crippen molar-refractivity contribution in [1.82, 2.24) is 4.90 Å². The minimum absolute atomic E-state index is 0.128. The molecule has 2 aromatic carbocycles. The molecule has 0 spiro atoms. The van der Waals surface area contributed by atoms with Gasteiger partial charge in [0.05, 0.1) is 13.2 Å². The molecular weight excluding hydrogens is 334 g/mol. The van der Waals surface area contributed by atoms with E-state index in [1.807, 2.05) is 37.3 Å². The van der Waals surface area contributed by atoms with Gasteiger partial charge in [0.1, 0.15) is 11.4 Å². The molecule has 1 saturated heterocycles. The molecule has 136 valence electrons. The Bertz CT molecular complexity index is 792. The molecule has 1 N–H and O–H groups in total. The number of rotatable bonds is 5. The summed E-state index contributed by atoms with van der Waals surface area (Å²) in [6.45, 7) is 2.93. The van der Waals surface area contributed by atoms with Crippen LogP contribution in [0, 0.1) is 0 Å². The van der Waals surface area contributed by atoms with E-state index in [2.05, 4.69) is 0 Å². The fraction of sp³-hybridized carbons (Fsp3) is 0.300. The van der Waals surface area contributed by atoms with Crippen molar-refractivity contribution < 1.29 is 24.2 Å². The average Bonchev–Trinajstić information content (AvgIpc) is 2.67. The number of amides is 1. The Kier molecular flexibility index (Phi) is 5.23. The van der Waals surface area contributed by atoms with Gasteiger partial charge >= 0.3 is 5.97 Å². The number of ether oxygens (including phenoxy) is 2. The van der Waals surface area contributed by atoms with Gasteiger partial charge < -0.3 is 19.5 Å². The second-order valence-electron chi connectivity index (χ2n) is 6.38. The number of morpholine rings is 1. The summed E-state index contributed by atoms with van der Waals surface area (Å²) >= 11 is 0. The topological polar surface area (TPSA) is 76.1 Å². The van der Waals surface area contributed by atoms with Gasteiger partial charge in [-0.1, -0.05) is 36.4 Å². The highest BCUT2D eigenvalue weighted by Crippen LogP contribution is 2.30. The predicted molar refractivity (Wildman–Crippen MR) is 95.2 cm³/mol.